The average molecular weight is 331 g/mol. The summed E-state index contributed by atoms with van der Waals surface area (Å²) in [7, 11) is 0. The summed E-state index contributed by atoms with van der Waals surface area (Å²) in [6, 6.07) is 6.58. The molecule has 0 N–H and O–H groups in total. The van der Waals surface area contributed by atoms with Crippen molar-refractivity contribution in [2.75, 3.05) is 32.8 Å². The SMILES string of the molecule is N#Cc1ccc(CN2CCCN(C(=O)C3CCCO3)CC2)cc1F. The Bertz CT molecular complexity index is 638. The molecule has 0 saturated carbocycles. The summed E-state index contributed by atoms with van der Waals surface area (Å²) in [5.74, 6) is -0.362. The fourth-order valence-electron chi connectivity index (χ4n) is 3.33. The van der Waals surface area contributed by atoms with Crippen LogP contribution in [0.15, 0.2) is 18.2 Å². The number of ether oxygens (including phenoxy) is 1. The van der Waals surface area contributed by atoms with E-state index in [0.29, 0.717) is 19.7 Å². The minimum atomic E-state index is -0.472. The van der Waals surface area contributed by atoms with E-state index in [0.717, 1.165) is 44.5 Å². The lowest BCUT2D eigenvalue weighted by atomic mass is 10.1. The number of nitriles is 1. The lowest BCUT2D eigenvalue weighted by Gasteiger charge is -2.24. The Hall–Kier alpha value is -1.97. The van der Waals surface area contributed by atoms with Crippen LogP contribution in [0.2, 0.25) is 0 Å². The highest BCUT2D eigenvalue weighted by molar-refractivity contribution is 5.81. The lowest BCUT2D eigenvalue weighted by Crippen LogP contribution is -2.41. The van der Waals surface area contributed by atoms with Crippen molar-refractivity contribution in [1.82, 2.24) is 9.80 Å². The first-order valence-electron chi connectivity index (χ1n) is 8.48. The van der Waals surface area contributed by atoms with Crippen molar-refractivity contribution in [1.29, 1.82) is 5.26 Å². The number of rotatable bonds is 3. The molecule has 0 radical (unpaired) electrons. The van der Waals surface area contributed by atoms with Crippen LogP contribution in [0.25, 0.3) is 0 Å². The van der Waals surface area contributed by atoms with Crippen LogP contribution in [0, 0.1) is 17.1 Å². The van der Waals surface area contributed by atoms with Gasteiger partial charge in [-0.1, -0.05) is 6.07 Å². The van der Waals surface area contributed by atoms with E-state index in [9.17, 15) is 9.18 Å². The van der Waals surface area contributed by atoms with Gasteiger partial charge in [-0.2, -0.15) is 5.26 Å². The molecular weight excluding hydrogens is 309 g/mol. The van der Waals surface area contributed by atoms with E-state index >= 15 is 0 Å². The van der Waals surface area contributed by atoms with Gasteiger partial charge in [-0.05, 0) is 37.0 Å². The minimum absolute atomic E-state index is 0.0722. The number of hydrogen-bond donors (Lipinski definition) is 0. The Balaban J connectivity index is 1.56. The minimum Gasteiger partial charge on any atom is -0.368 e. The monoisotopic (exact) mass is 331 g/mol. The maximum absolute atomic E-state index is 13.7. The van der Waals surface area contributed by atoms with E-state index in [-0.39, 0.29) is 17.6 Å². The van der Waals surface area contributed by atoms with Gasteiger partial charge >= 0.3 is 0 Å². The van der Waals surface area contributed by atoms with Gasteiger partial charge < -0.3 is 9.64 Å². The molecule has 1 amide bonds. The fourth-order valence-corrected chi connectivity index (χ4v) is 3.33. The molecule has 24 heavy (non-hydrogen) atoms. The van der Waals surface area contributed by atoms with Gasteiger partial charge in [0.05, 0.1) is 5.56 Å². The zero-order chi connectivity index (χ0) is 16.9. The molecule has 0 aliphatic carbocycles. The molecule has 2 heterocycles. The molecule has 1 atom stereocenters. The molecule has 0 bridgehead atoms. The number of amides is 1. The van der Waals surface area contributed by atoms with Crippen molar-refractivity contribution in [2.45, 2.75) is 31.9 Å². The third-order valence-electron chi connectivity index (χ3n) is 4.67. The number of carbonyl (C=O) groups excluding carboxylic acids is 1. The van der Waals surface area contributed by atoms with Crippen LogP contribution < -0.4 is 0 Å². The summed E-state index contributed by atoms with van der Waals surface area (Å²) in [5.41, 5.74) is 0.924. The molecular formula is C18H22FN3O2. The second-order valence-electron chi connectivity index (χ2n) is 6.38. The smallest absolute Gasteiger partial charge is 0.251 e. The molecule has 0 aromatic heterocycles. The first-order valence-corrected chi connectivity index (χ1v) is 8.48. The molecule has 128 valence electrons. The summed E-state index contributed by atoms with van der Waals surface area (Å²) in [6.07, 6.45) is 2.42. The van der Waals surface area contributed by atoms with Crippen molar-refractivity contribution < 1.29 is 13.9 Å². The molecule has 2 saturated heterocycles. The molecule has 2 fully saturated rings. The Morgan fingerprint density at radius 1 is 1.29 bits per heavy atom. The van der Waals surface area contributed by atoms with E-state index in [2.05, 4.69) is 4.90 Å². The summed E-state index contributed by atoms with van der Waals surface area (Å²) in [6.45, 7) is 4.37. The average Bonchev–Trinajstić information content (AvgIpc) is 3.02. The molecule has 1 unspecified atom stereocenters. The summed E-state index contributed by atoms with van der Waals surface area (Å²) in [5, 5.41) is 8.79. The summed E-state index contributed by atoms with van der Waals surface area (Å²) < 4.78 is 19.2. The molecule has 5 nitrogen and oxygen atoms in total. The second kappa shape index (κ2) is 7.73. The highest BCUT2D eigenvalue weighted by Gasteiger charge is 2.29. The van der Waals surface area contributed by atoms with E-state index in [1.807, 2.05) is 11.0 Å². The zero-order valence-corrected chi connectivity index (χ0v) is 13.7. The Labute approximate surface area is 141 Å². The topological polar surface area (TPSA) is 56.6 Å². The number of halogens is 1. The predicted octanol–water partition coefficient (Wildman–Crippen LogP) is 1.91. The second-order valence-corrected chi connectivity index (χ2v) is 6.38. The van der Waals surface area contributed by atoms with Gasteiger partial charge in [0.25, 0.3) is 5.91 Å². The van der Waals surface area contributed by atoms with Crippen LogP contribution in [0.1, 0.15) is 30.4 Å². The van der Waals surface area contributed by atoms with Gasteiger partial charge in [-0.3, -0.25) is 9.69 Å². The van der Waals surface area contributed by atoms with Gasteiger partial charge in [0.2, 0.25) is 0 Å². The summed E-state index contributed by atoms with van der Waals surface area (Å²) >= 11 is 0. The van der Waals surface area contributed by atoms with Crippen LogP contribution in [0.4, 0.5) is 4.39 Å². The van der Waals surface area contributed by atoms with Crippen molar-refractivity contribution in [3.63, 3.8) is 0 Å². The van der Waals surface area contributed by atoms with E-state index in [1.54, 1.807) is 6.07 Å². The van der Waals surface area contributed by atoms with Gasteiger partial charge in [-0.15, -0.1) is 0 Å². The molecule has 6 heteroatoms. The van der Waals surface area contributed by atoms with Crippen LogP contribution >= 0.6 is 0 Å². The fraction of sp³-hybridized carbons (Fsp3) is 0.556. The number of hydrogen-bond acceptors (Lipinski definition) is 4. The van der Waals surface area contributed by atoms with Gasteiger partial charge in [0.1, 0.15) is 18.0 Å². The van der Waals surface area contributed by atoms with Crippen LogP contribution in [-0.4, -0.2) is 54.6 Å². The van der Waals surface area contributed by atoms with E-state index in [1.165, 1.54) is 12.1 Å². The Morgan fingerprint density at radius 3 is 2.88 bits per heavy atom. The van der Waals surface area contributed by atoms with Crippen molar-refractivity contribution in [3.05, 3.63) is 35.1 Å². The van der Waals surface area contributed by atoms with Gasteiger partial charge in [-0.25, -0.2) is 4.39 Å². The maximum atomic E-state index is 13.7. The van der Waals surface area contributed by atoms with Crippen molar-refractivity contribution in [2.24, 2.45) is 0 Å². The maximum Gasteiger partial charge on any atom is 0.251 e. The lowest BCUT2D eigenvalue weighted by molar-refractivity contribution is -0.140. The normalized spacial score (nSPS) is 22.2. The summed E-state index contributed by atoms with van der Waals surface area (Å²) in [4.78, 5) is 16.6. The number of nitrogens with zero attached hydrogens (tertiary/aromatic N) is 3. The van der Waals surface area contributed by atoms with Crippen LogP contribution in [0.5, 0.6) is 0 Å². The van der Waals surface area contributed by atoms with Gasteiger partial charge in [0.15, 0.2) is 0 Å². The molecule has 0 spiro atoms. The predicted molar refractivity (Wildman–Crippen MR) is 86.6 cm³/mol. The van der Waals surface area contributed by atoms with E-state index < -0.39 is 5.82 Å². The van der Waals surface area contributed by atoms with Crippen molar-refractivity contribution in [3.8, 4) is 6.07 Å². The highest BCUT2D eigenvalue weighted by Crippen LogP contribution is 2.17. The van der Waals surface area contributed by atoms with Crippen LogP contribution in [-0.2, 0) is 16.1 Å². The number of carbonyl (C=O) groups is 1. The first kappa shape index (κ1) is 16.9. The standard InChI is InChI=1S/C18H22FN3O2/c19-16-11-14(4-5-15(16)12-20)13-21-6-2-7-22(9-8-21)18(23)17-3-1-10-24-17/h4-5,11,17H,1-3,6-10,13H2. The van der Waals surface area contributed by atoms with Crippen LogP contribution in [0.3, 0.4) is 0 Å². The third kappa shape index (κ3) is 3.92. The Morgan fingerprint density at radius 2 is 2.17 bits per heavy atom. The Kier molecular flexibility index (Phi) is 5.44. The molecule has 2 aliphatic rings. The van der Waals surface area contributed by atoms with Gasteiger partial charge in [0, 0.05) is 39.3 Å². The molecule has 1 aromatic rings. The first-order chi connectivity index (χ1) is 11.7. The highest BCUT2D eigenvalue weighted by atomic mass is 19.1. The molecule has 3 rings (SSSR count). The molecule has 2 aliphatic heterocycles. The van der Waals surface area contributed by atoms with E-state index in [4.69, 9.17) is 10.00 Å². The quantitative estimate of drug-likeness (QED) is 0.849. The number of benzene rings is 1. The zero-order valence-electron chi connectivity index (χ0n) is 13.7. The largest absolute Gasteiger partial charge is 0.368 e. The molecule has 1 aromatic carbocycles. The van der Waals surface area contributed by atoms with Crippen molar-refractivity contribution >= 4 is 5.91 Å². The third-order valence-corrected chi connectivity index (χ3v) is 4.67.